The first-order valence-electron chi connectivity index (χ1n) is 9.20. The Balaban J connectivity index is 1.76. The Kier molecular flexibility index (Phi) is 7.87. The summed E-state index contributed by atoms with van der Waals surface area (Å²) < 4.78 is 28.8. The Labute approximate surface area is 168 Å². The van der Waals surface area contributed by atoms with Gasteiger partial charge in [0.05, 0.1) is 11.4 Å². The van der Waals surface area contributed by atoms with Gasteiger partial charge in [-0.2, -0.15) is 0 Å². The first-order valence-corrected chi connectivity index (χ1v) is 11.1. The van der Waals surface area contributed by atoms with E-state index in [0.717, 1.165) is 23.7 Å². The van der Waals surface area contributed by atoms with Gasteiger partial charge in [-0.05, 0) is 43.2 Å². The third-order valence-corrected chi connectivity index (χ3v) is 5.47. The molecular formula is C21H29N3O3S. The Morgan fingerprint density at radius 2 is 1.75 bits per heavy atom. The van der Waals surface area contributed by atoms with Crippen LogP contribution < -0.4 is 10.1 Å². The van der Waals surface area contributed by atoms with Crippen LogP contribution in [0.15, 0.2) is 58.4 Å². The molecule has 0 saturated heterocycles. The summed E-state index contributed by atoms with van der Waals surface area (Å²) >= 11 is 0. The molecule has 152 valence electrons. The lowest BCUT2D eigenvalue weighted by Crippen LogP contribution is -2.41. The third-order valence-electron chi connectivity index (χ3n) is 4.34. The van der Waals surface area contributed by atoms with E-state index in [4.69, 9.17) is 4.74 Å². The van der Waals surface area contributed by atoms with Crippen LogP contribution in [0.25, 0.3) is 0 Å². The second kappa shape index (κ2) is 10.1. The lowest BCUT2D eigenvalue weighted by atomic mass is 10.1. The van der Waals surface area contributed by atoms with Crippen molar-refractivity contribution in [3.63, 3.8) is 0 Å². The van der Waals surface area contributed by atoms with Gasteiger partial charge in [-0.3, -0.25) is 4.99 Å². The molecular weight excluding hydrogens is 374 g/mol. The van der Waals surface area contributed by atoms with Gasteiger partial charge in [0.2, 0.25) is 0 Å². The summed E-state index contributed by atoms with van der Waals surface area (Å²) in [5.41, 5.74) is 2.28. The zero-order chi connectivity index (χ0) is 20.6. The lowest BCUT2D eigenvalue weighted by Gasteiger charge is -2.22. The molecule has 0 bridgehead atoms. The van der Waals surface area contributed by atoms with Crippen LogP contribution >= 0.6 is 0 Å². The van der Waals surface area contributed by atoms with Crippen molar-refractivity contribution >= 4 is 15.8 Å². The molecule has 0 atom stereocenters. The maximum Gasteiger partial charge on any atom is 0.193 e. The molecule has 28 heavy (non-hydrogen) atoms. The second-order valence-corrected chi connectivity index (χ2v) is 8.74. The molecule has 0 aromatic heterocycles. The smallest absolute Gasteiger partial charge is 0.193 e. The minimum absolute atomic E-state index is 0.341. The quantitative estimate of drug-likeness (QED) is 0.542. The number of hydrogen-bond acceptors (Lipinski definition) is 4. The molecule has 0 spiro atoms. The fourth-order valence-electron chi connectivity index (χ4n) is 2.65. The van der Waals surface area contributed by atoms with Crippen LogP contribution in [0.2, 0.25) is 0 Å². The number of aliphatic imine (C=N–C) groups is 1. The van der Waals surface area contributed by atoms with Crippen molar-refractivity contribution in [2.24, 2.45) is 4.99 Å². The number of guanidine groups is 1. The molecule has 7 heteroatoms. The highest BCUT2D eigenvalue weighted by Crippen LogP contribution is 2.11. The van der Waals surface area contributed by atoms with E-state index in [-0.39, 0.29) is 0 Å². The number of ether oxygens (including phenoxy) is 1. The topological polar surface area (TPSA) is 71.0 Å². The van der Waals surface area contributed by atoms with Gasteiger partial charge < -0.3 is 15.0 Å². The van der Waals surface area contributed by atoms with Crippen molar-refractivity contribution in [2.45, 2.75) is 18.2 Å². The zero-order valence-electron chi connectivity index (χ0n) is 17.0. The summed E-state index contributed by atoms with van der Waals surface area (Å²) in [7, 11) is 0.564. The minimum atomic E-state index is -3.15. The highest BCUT2D eigenvalue weighted by molar-refractivity contribution is 7.90. The maximum atomic E-state index is 11.5. The lowest BCUT2D eigenvalue weighted by molar-refractivity contribution is 0.281. The van der Waals surface area contributed by atoms with Crippen LogP contribution in [0.5, 0.6) is 5.75 Å². The van der Waals surface area contributed by atoms with E-state index in [1.165, 1.54) is 11.8 Å². The molecule has 0 fully saturated rings. The Hall–Kier alpha value is -2.54. The number of aryl methyl sites for hydroxylation is 1. The predicted molar refractivity (Wildman–Crippen MR) is 114 cm³/mol. The van der Waals surface area contributed by atoms with Gasteiger partial charge in [0.15, 0.2) is 15.8 Å². The van der Waals surface area contributed by atoms with Gasteiger partial charge in [0, 0.05) is 26.9 Å². The highest BCUT2D eigenvalue weighted by Gasteiger charge is 2.08. The molecule has 0 aliphatic heterocycles. The average Bonchev–Trinajstić information content (AvgIpc) is 2.66. The molecule has 2 aromatic rings. The minimum Gasteiger partial charge on any atom is -0.492 e. The number of benzene rings is 2. The van der Waals surface area contributed by atoms with Crippen LogP contribution in [0, 0.1) is 6.92 Å². The summed E-state index contributed by atoms with van der Waals surface area (Å²) in [4.78, 5) is 6.66. The fraction of sp³-hybridized carbons (Fsp3) is 0.381. The first-order chi connectivity index (χ1) is 13.3. The van der Waals surface area contributed by atoms with Gasteiger partial charge in [0.25, 0.3) is 0 Å². The number of nitrogens with zero attached hydrogens (tertiary/aromatic N) is 2. The number of nitrogens with one attached hydrogen (secondary N) is 1. The number of rotatable bonds is 8. The second-order valence-electron chi connectivity index (χ2n) is 6.72. The Morgan fingerprint density at radius 1 is 1.11 bits per heavy atom. The van der Waals surface area contributed by atoms with Crippen LogP contribution in [0.4, 0.5) is 0 Å². The monoisotopic (exact) mass is 403 g/mol. The summed E-state index contributed by atoms with van der Waals surface area (Å²) in [5, 5.41) is 3.32. The van der Waals surface area contributed by atoms with Crippen molar-refractivity contribution in [1.82, 2.24) is 10.2 Å². The number of hydrogen-bond donors (Lipinski definition) is 1. The fourth-order valence-corrected chi connectivity index (χ4v) is 3.28. The molecule has 2 aromatic carbocycles. The van der Waals surface area contributed by atoms with E-state index >= 15 is 0 Å². The van der Waals surface area contributed by atoms with E-state index in [1.54, 1.807) is 19.2 Å². The molecule has 0 saturated carbocycles. The zero-order valence-corrected chi connectivity index (χ0v) is 17.8. The molecule has 1 N–H and O–H groups in total. The van der Waals surface area contributed by atoms with Crippen molar-refractivity contribution < 1.29 is 13.2 Å². The summed E-state index contributed by atoms with van der Waals surface area (Å²) in [6, 6.07) is 15.0. The van der Waals surface area contributed by atoms with Crippen molar-refractivity contribution in [2.75, 3.05) is 40.0 Å². The van der Waals surface area contributed by atoms with Crippen molar-refractivity contribution in [3.05, 3.63) is 59.7 Å². The summed E-state index contributed by atoms with van der Waals surface area (Å²) in [6.07, 6.45) is 1.99. The van der Waals surface area contributed by atoms with Gasteiger partial charge in [-0.25, -0.2) is 8.42 Å². The van der Waals surface area contributed by atoms with Gasteiger partial charge in [0.1, 0.15) is 12.4 Å². The SMILES string of the molecule is CN=C(NCCc1ccc(S(C)(=O)=O)cc1)N(C)CCOc1ccc(C)cc1. The third kappa shape index (κ3) is 6.88. The van der Waals surface area contributed by atoms with Crippen LogP contribution in [0.1, 0.15) is 11.1 Å². The Bertz CT molecular complexity index is 876. The van der Waals surface area contributed by atoms with Gasteiger partial charge >= 0.3 is 0 Å². The van der Waals surface area contributed by atoms with Crippen LogP contribution in [-0.4, -0.2) is 59.3 Å². The van der Waals surface area contributed by atoms with Crippen molar-refractivity contribution in [1.29, 1.82) is 0 Å². The molecule has 0 aliphatic carbocycles. The van der Waals surface area contributed by atoms with E-state index in [1.807, 2.05) is 55.3 Å². The highest BCUT2D eigenvalue weighted by atomic mass is 32.2. The largest absolute Gasteiger partial charge is 0.492 e. The van der Waals surface area contributed by atoms with Crippen LogP contribution in [-0.2, 0) is 16.3 Å². The van der Waals surface area contributed by atoms with Crippen LogP contribution in [0.3, 0.4) is 0 Å². The van der Waals surface area contributed by atoms with E-state index in [9.17, 15) is 8.42 Å². The Morgan fingerprint density at radius 3 is 2.32 bits per heavy atom. The van der Waals surface area contributed by atoms with Gasteiger partial charge in [-0.1, -0.05) is 29.8 Å². The molecule has 0 heterocycles. The average molecular weight is 404 g/mol. The predicted octanol–water partition coefficient (Wildman–Crippen LogP) is 2.53. The van der Waals surface area contributed by atoms with E-state index in [0.29, 0.717) is 24.6 Å². The van der Waals surface area contributed by atoms with Gasteiger partial charge in [-0.15, -0.1) is 0 Å². The molecule has 6 nitrogen and oxygen atoms in total. The number of sulfone groups is 1. The normalized spacial score (nSPS) is 11.9. The summed E-state index contributed by atoms with van der Waals surface area (Å²) in [6.45, 7) is 4.02. The van der Waals surface area contributed by atoms with Crippen molar-refractivity contribution in [3.8, 4) is 5.75 Å². The summed E-state index contributed by atoms with van der Waals surface area (Å²) in [5.74, 6) is 1.65. The molecule has 0 radical (unpaired) electrons. The maximum absolute atomic E-state index is 11.5. The van der Waals surface area contributed by atoms with E-state index in [2.05, 4.69) is 10.3 Å². The number of likely N-dealkylation sites (N-methyl/N-ethyl adjacent to an activating group) is 1. The standard InChI is InChI=1S/C21H29N3O3S/c1-17-5-9-19(10-6-17)27-16-15-24(3)21(22-2)23-14-13-18-7-11-20(12-8-18)28(4,25)26/h5-12H,13-16H2,1-4H3,(H,22,23). The molecule has 2 rings (SSSR count). The molecule has 0 unspecified atom stereocenters. The molecule has 0 aliphatic rings. The first kappa shape index (κ1) is 21.8. The molecule has 0 amide bonds. The van der Waals surface area contributed by atoms with E-state index < -0.39 is 9.84 Å².